The minimum atomic E-state index is -0.988. The molecule has 9 atom stereocenters. The number of aliphatic carboxylic acids is 1. The van der Waals surface area contributed by atoms with E-state index < -0.39 is 11.6 Å². The summed E-state index contributed by atoms with van der Waals surface area (Å²) in [4.78, 5) is 35.4. The number of halogens is 1. The molecule has 0 amide bonds. The van der Waals surface area contributed by atoms with E-state index in [1.54, 1.807) is 6.92 Å². The molecule has 8 nitrogen and oxygen atoms in total. The van der Waals surface area contributed by atoms with Gasteiger partial charge in [-0.1, -0.05) is 13.8 Å². The Bertz CT molecular complexity index is 927. The summed E-state index contributed by atoms with van der Waals surface area (Å²) >= 11 is 5.75. The zero-order valence-electron chi connectivity index (χ0n) is 24.8. The fourth-order valence-corrected chi connectivity index (χ4v) is 9.69. The van der Waals surface area contributed by atoms with E-state index >= 15 is 0 Å². The van der Waals surface area contributed by atoms with E-state index in [0.29, 0.717) is 61.8 Å². The van der Waals surface area contributed by atoms with Crippen LogP contribution in [0.25, 0.3) is 0 Å². The van der Waals surface area contributed by atoms with Gasteiger partial charge < -0.3 is 24.1 Å². The molecule has 4 rings (SSSR count). The standard InChI is InChI=1S/C31H49ClO8/c1-20(33)25-15-21(18-38-13-11-37-12-14-39-19-26(34)35)28-23-6-5-22-16-29(2,40-27(36)17-32)9-10-30(22,3)24(23)7-8-31(25,28)4/h21-25,28H,5-19H2,1-4H3,(H,34,35)/t21?,22-,23+,24-,25+,28-,29+,30-,31+/m0/s1. The number of hydrogen-bond acceptors (Lipinski definition) is 7. The Labute approximate surface area is 244 Å². The maximum absolute atomic E-state index is 12.9. The lowest BCUT2D eigenvalue weighted by Crippen LogP contribution is -2.57. The molecule has 0 spiro atoms. The molecule has 0 aromatic carbocycles. The van der Waals surface area contributed by atoms with E-state index in [-0.39, 0.29) is 41.8 Å². The number of alkyl halides is 1. The van der Waals surface area contributed by atoms with Crippen LogP contribution in [0.3, 0.4) is 0 Å². The SMILES string of the molecule is CC(=O)[C@H]1CC(COCCOCCOCC(=O)O)[C@H]2[C@@H]3CC[C@H]4C[C@](C)(OC(=O)CCl)CC[C@]4(C)[C@H]3CC[C@]12C. The van der Waals surface area contributed by atoms with Crippen molar-refractivity contribution in [2.45, 2.75) is 84.7 Å². The molecular formula is C31H49ClO8. The molecule has 4 saturated carbocycles. The zero-order chi connectivity index (χ0) is 29.1. The van der Waals surface area contributed by atoms with Crippen LogP contribution in [0, 0.1) is 46.3 Å². The van der Waals surface area contributed by atoms with E-state index in [9.17, 15) is 14.4 Å². The molecule has 9 heteroatoms. The zero-order valence-corrected chi connectivity index (χ0v) is 25.5. The number of carbonyl (C=O) groups excluding carboxylic acids is 2. The second-order valence-electron chi connectivity index (χ2n) is 13.7. The van der Waals surface area contributed by atoms with Crippen LogP contribution in [-0.2, 0) is 33.3 Å². The number of carbonyl (C=O) groups is 3. The lowest BCUT2D eigenvalue weighted by molar-refractivity contribution is -0.181. The molecule has 4 aliphatic rings. The predicted molar refractivity (Wildman–Crippen MR) is 150 cm³/mol. The molecule has 0 bridgehead atoms. The summed E-state index contributed by atoms with van der Waals surface area (Å²) in [7, 11) is 0. The van der Waals surface area contributed by atoms with Gasteiger partial charge >= 0.3 is 11.9 Å². The van der Waals surface area contributed by atoms with E-state index in [0.717, 1.165) is 51.4 Å². The third-order valence-electron chi connectivity index (χ3n) is 11.3. The van der Waals surface area contributed by atoms with E-state index in [4.69, 9.17) is 35.7 Å². The predicted octanol–water partition coefficient (Wildman–Crippen LogP) is 5.14. The summed E-state index contributed by atoms with van der Waals surface area (Å²) in [5.74, 6) is 1.52. The van der Waals surface area contributed by atoms with Gasteiger partial charge in [0.15, 0.2) is 0 Å². The second kappa shape index (κ2) is 13.0. The van der Waals surface area contributed by atoms with Gasteiger partial charge in [-0.15, -0.1) is 11.6 Å². The highest BCUT2D eigenvalue weighted by Crippen LogP contribution is 2.69. The Hall–Kier alpha value is -1.22. The normalized spacial score (nSPS) is 40.5. The van der Waals surface area contributed by atoms with Crippen molar-refractivity contribution in [1.82, 2.24) is 0 Å². The lowest BCUT2D eigenvalue weighted by Gasteiger charge is -2.62. The van der Waals surface area contributed by atoms with E-state index in [2.05, 4.69) is 20.8 Å². The average Bonchev–Trinajstić information content (AvgIpc) is 3.20. The minimum Gasteiger partial charge on any atom is -0.480 e. The fraction of sp³-hybridized carbons (Fsp3) is 0.903. The maximum Gasteiger partial charge on any atom is 0.329 e. The topological polar surface area (TPSA) is 108 Å². The Balaban J connectivity index is 1.39. The van der Waals surface area contributed by atoms with Crippen LogP contribution in [-0.4, -0.2) is 74.0 Å². The van der Waals surface area contributed by atoms with Gasteiger partial charge in [0.05, 0.1) is 26.4 Å². The molecule has 0 saturated heterocycles. The monoisotopic (exact) mass is 584 g/mol. The third-order valence-corrected chi connectivity index (χ3v) is 11.6. The molecule has 0 aliphatic heterocycles. The van der Waals surface area contributed by atoms with Crippen LogP contribution in [0.4, 0.5) is 0 Å². The number of fused-ring (bicyclic) bond motifs is 5. The van der Waals surface area contributed by atoms with Crippen molar-refractivity contribution >= 4 is 29.3 Å². The van der Waals surface area contributed by atoms with Gasteiger partial charge in [-0.2, -0.15) is 0 Å². The van der Waals surface area contributed by atoms with Crippen molar-refractivity contribution < 1.29 is 38.4 Å². The lowest BCUT2D eigenvalue weighted by atomic mass is 9.43. The van der Waals surface area contributed by atoms with Crippen LogP contribution in [0.1, 0.15) is 79.1 Å². The van der Waals surface area contributed by atoms with Gasteiger partial charge in [-0.3, -0.25) is 9.59 Å². The van der Waals surface area contributed by atoms with Crippen molar-refractivity contribution in [3.05, 3.63) is 0 Å². The molecule has 40 heavy (non-hydrogen) atoms. The Morgan fingerprint density at radius 3 is 2.27 bits per heavy atom. The van der Waals surface area contributed by atoms with Gasteiger partial charge in [-0.05, 0) is 106 Å². The third kappa shape index (κ3) is 6.55. The number of rotatable bonds is 13. The highest BCUT2D eigenvalue weighted by atomic mass is 35.5. The van der Waals surface area contributed by atoms with E-state index in [1.807, 2.05) is 0 Å². The molecule has 0 heterocycles. The number of ketones is 1. The largest absolute Gasteiger partial charge is 0.480 e. The van der Waals surface area contributed by atoms with Crippen LogP contribution in [0.2, 0.25) is 0 Å². The first kappa shape index (κ1) is 31.7. The maximum atomic E-state index is 12.9. The van der Waals surface area contributed by atoms with Crippen LogP contribution >= 0.6 is 11.6 Å². The Morgan fingerprint density at radius 2 is 1.60 bits per heavy atom. The van der Waals surface area contributed by atoms with E-state index in [1.165, 1.54) is 0 Å². The van der Waals surface area contributed by atoms with Gasteiger partial charge in [0.2, 0.25) is 0 Å². The molecule has 1 N–H and O–H groups in total. The number of esters is 1. The number of carboxylic acid groups (broad SMARTS) is 1. The van der Waals surface area contributed by atoms with Gasteiger partial charge in [0.25, 0.3) is 0 Å². The first-order valence-corrected chi connectivity index (χ1v) is 15.7. The minimum absolute atomic E-state index is 0.0151. The molecule has 0 radical (unpaired) electrons. The molecule has 0 aromatic heterocycles. The van der Waals surface area contributed by atoms with Crippen molar-refractivity contribution in [1.29, 1.82) is 0 Å². The number of ether oxygens (including phenoxy) is 4. The summed E-state index contributed by atoms with van der Waals surface area (Å²) in [6.07, 6.45) is 8.27. The number of carboxylic acids is 1. The van der Waals surface area contributed by atoms with Crippen molar-refractivity contribution in [2.75, 3.05) is 45.5 Å². The summed E-state index contributed by atoms with van der Waals surface area (Å²) < 4.78 is 22.5. The number of hydrogen-bond donors (Lipinski definition) is 1. The summed E-state index contributed by atoms with van der Waals surface area (Å²) in [6.45, 7) is 10.5. The average molecular weight is 585 g/mol. The van der Waals surface area contributed by atoms with Gasteiger partial charge in [-0.25, -0.2) is 4.79 Å². The Kier molecular flexibility index (Phi) is 10.3. The van der Waals surface area contributed by atoms with Crippen LogP contribution in [0.5, 0.6) is 0 Å². The van der Waals surface area contributed by atoms with Crippen molar-refractivity contribution in [3.63, 3.8) is 0 Å². The van der Waals surface area contributed by atoms with Crippen LogP contribution in [0.15, 0.2) is 0 Å². The fourth-order valence-electron chi connectivity index (χ4n) is 9.64. The second-order valence-corrected chi connectivity index (χ2v) is 13.9. The molecule has 4 aliphatic carbocycles. The number of Topliss-reactive ketones (excluding diaryl/α,β-unsaturated/α-hetero) is 1. The summed E-state index contributed by atoms with van der Waals surface area (Å²) in [5, 5.41) is 8.62. The first-order valence-electron chi connectivity index (χ1n) is 15.2. The van der Waals surface area contributed by atoms with Gasteiger partial charge in [0, 0.05) is 12.5 Å². The van der Waals surface area contributed by atoms with Crippen LogP contribution < -0.4 is 0 Å². The summed E-state index contributed by atoms with van der Waals surface area (Å²) in [5.41, 5.74) is -0.200. The molecule has 4 fully saturated rings. The smallest absolute Gasteiger partial charge is 0.329 e. The molecule has 0 aromatic rings. The van der Waals surface area contributed by atoms with Crippen molar-refractivity contribution in [3.8, 4) is 0 Å². The molecule has 228 valence electrons. The molecule has 1 unspecified atom stereocenters. The summed E-state index contributed by atoms with van der Waals surface area (Å²) in [6, 6.07) is 0. The highest BCUT2D eigenvalue weighted by molar-refractivity contribution is 6.26. The highest BCUT2D eigenvalue weighted by Gasteiger charge is 2.64. The van der Waals surface area contributed by atoms with Gasteiger partial charge in [0.1, 0.15) is 23.9 Å². The first-order chi connectivity index (χ1) is 18.9. The Morgan fingerprint density at radius 1 is 0.900 bits per heavy atom. The molecular weight excluding hydrogens is 536 g/mol. The quantitative estimate of drug-likeness (QED) is 0.180. The van der Waals surface area contributed by atoms with Crippen molar-refractivity contribution in [2.24, 2.45) is 46.3 Å².